The Labute approximate surface area is 131 Å². The van der Waals surface area contributed by atoms with Gasteiger partial charge in [0, 0.05) is 19.3 Å². The van der Waals surface area contributed by atoms with Crippen LogP contribution < -0.4 is 20.1 Å². The second kappa shape index (κ2) is 6.28. The molecule has 0 amide bonds. The van der Waals surface area contributed by atoms with Gasteiger partial charge in [0.15, 0.2) is 11.5 Å². The summed E-state index contributed by atoms with van der Waals surface area (Å²) in [7, 11) is 5.31. The summed E-state index contributed by atoms with van der Waals surface area (Å²) < 4.78 is 10.9. The highest BCUT2D eigenvalue weighted by Crippen LogP contribution is 2.38. The van der Waals surface area contributed by atoms with Gasteiger partial charge in [-0.3, -0.25) is 0 Å². The smallest absolute Gasteiger partial charge is 0.161 e. The molecule has 1 atom stereocenters. The van der Waals surface area contributed by atoms with Crippen LogP contribution in [0.3, 0.4) is 0 Å². The fraction of sp³-hybridized carbons (Fsp3) is 0.333. The van der Waals surface area contributed by atoms with Gasteiger partial charge in [-0.1, -0.05) is 18.2 Å². The van der Waals surface area contributed by atoms with Crippen molar-refractivity contribution in [3.05, 3.63) is 53.1 Å². The second-order valence-electron chi connectivity index (χ2n) is 5.38. The molecule has 4 heteroatoms. The zero-order chi connectivity index (χ0) is 15.5. The lowest BCUT2D eigenvalue weighted by molar-refractivity contribution is 0.353. The number of nitrogens with one attached hydrogen (secondary N) is 2. The number of hydrogen-bond acceptors (Lipinski definition) is 4. The monoisotopic (exact) mass is 298 g/mol. The minimum absolute atomic E-state index is 0.159. The number of methoxy groups -OCH3 is 2. The van der Waals surface area contributed by atoms with E-state index in [0.29, 0.717) is 0 Å². The zero-order valence-corrected chi connectivity index (χ0v) is 13.3. The van der Waals surface area contributed by atoms with E-state index in [9.17, 15) is 0 Å². The number of benzene rings is 2. The normalized spacial score (nSPS) is 16.8. The topological polar surface area (TPSA) is 42.5 Å². The highest BCUT2D eigenvalue weighted by Gasteiger charge is 2.25. The molecule has 0 aromatic heterocycles. The third-order valence-corrected chi connectivity index (χ3v) is 4.24. The predicted octanol–water partition coefficient (Wildman–Crippen LogP) is 2.98. The minimum Gasteiger partial charge on any atom is -0.493 e. The minimum atomic E-state index is 0.159. The van der Waals surface area contributed by atoms with Crippen molar-refractivity contribution in [2.45, 2.75) is 12.5 Å². The van der Waals surface area contributed by atoms with Crippen LogP contribution in [-0.4, -0.2) is 27.8 Å². The van der Waals surface area contributed by atoms with Crippen molar-refractivity contribution in [2.24, 2.45) is 0 Å². The maximum absolute atomic E-state index is 5.47. The van der Waals surface area contributed by atoms with Crippen LogP contribution in [0.15, 0.2) is 36.4 Å². The molecule has 2 aromatic rings. The van der Waals surface area contributed by atoms with E-state index in [1.807, 2.05) is 13.1 Å². The third-order valence-electron chi connectivity index (χ3n) is 4.24. The van der Waals surface area contributed by atoms with Crippen LogP contribution in [0, 0.1) is 0 Å². The fourth-order valence-electron chi connectivity index (χ4n) is 3.14. The van der Waals surface area contributed by atoms with Crippen molar-refractivity contribution in [1.29, 1.82) is 0 Å². The van der Waals surface area contributed by atoms with Gasteiger partial charge < -0.3 is 20.1 Å². The highest BCUT2D eigenvalue weighted by atomic mass is 16.5. The molecule has 0 bridgehead atoms. The molecule has 2 aromatic carbocycles. The first kappa shape index (κ1) is 14.7. The number of hydrogen-bond donors (Lipinski definition) is 2. The van der Waals surface area contributed by atoms with Gasteiger partial charge in [-0.25, -0.2) is 0 Å². The first-order valence-electron chi connectivity index (χ1n) is 7.53. The summed E-state index contributed by atoms with van der Waals surface area (Å²) in [6.07, 6.45) is 0.994. The van der Waals surface area contributed by atoms with E-state index in [1.54, 1.807) is 14.2 Å². The Hall–Kier alpha value is -2.20. The van der Waals surface area contributed by atoms with E-state index in [1.165, 1.54) is 16.7 Å². The third kappa shape index (κ3) is 2.50. The maximum Gasteiger partial charge on any atom is 0.161 e. The molecule has 0 aliphatic carbocycles. The van der Waals surface area contributed by atoms with Crippen LogP contribution in [0.25, 0.3) is 0 Å². The van der Waals surface area contributed by atoms with Gasteiger partial charge in [-0.15, -0.1) is 0 Å². The summed E-state index contributed by atoms with van der Waals surface area (Å²) in [4.78, 5) is 0. The molecule has 1 aliphatic heterocycles. The van der Waals surface area contributed by atoms with E-state index in [-0.39, 0.29) is 6.04 Å². The van der Waals surface area contributed by atoms with E-state index < -0.39 is 0 Å². The van der Waals surface area contributed by atoms with Crippen LogP contribution in [0.2, 0.25) is 0 Å². The van der Waals surface area contributed by atoms with Crippen molar-refractivity contribution >= 4 is 5.69 Å². The average Bonchev–Trinajstić information content (AvgIpc) is 2.59. The molecule has 22 heavy (non-hydrogen) atoms. The first-order valence-corrected chi connectivity index (χ1v) is 7.53. The largest absolute Gasteiger partial charge is 0.493 e. The van der Waals surface area contributed by atoms with E-state index in [0.717, 1.165) is 30.2 Å². The molecule has 116 valence electrons. The fourth-order valence-corrected chi connectivity index (χ4v) is 3.14. The van der Waals surface area contributed by atoms with Crippen LogP contribution in [0.4, 0.5) is 5.69 Å². The molecular weight excluding hydrogens is 276 g/mol. The SMILES string of the molecule is CNc1ccccc1[C@H]1NCCc2cc(OC)c(OC)cc21. The van der Waals surface area contributed by atoms with Gasteiger partial charge in [0.2, 0.25) is 0 Å². The number of ether oxygens (including phenoxy) is 2. The molecule has 1 aliphatic rings. The molecule has 4 nitrogen and oxygen atoms in total. The van der Waals surface area contributed by atoms with E-state index >= 15 is 0 Å². The lowest BCUT2D eigenvalue weighted by atomic mass is 9.88. The highest BCUT2D eigenvalue weighted by molar-refractivity contribution is 5.58. The molecule has 0 radical (unpaired) electrons. The molecule has 2 N–H and O–H groups in total. The first-order chi connectivity index (χ1) is 10.8. The summed E-state index contributed by atoms with van der Waals surface area (Å²) >= 11 is 0. The van der Waals surface area contributed by atoms with Gasteiger partial charge in [-0.2, -0.15) is 0 Å². The van der Waals surface area contributed by atoms with Gasteiger partial charge in [0.25, 0.3) is 0 Å². The Balaban J connectivity index is 2.11. The number of anilines is 1. The molecule has 0 saturated carbocycles. The molecule has 0 fully saturated rings. The molecule has 0 saturated heterocycles. The van der Waals surface area contributed by atoms with Crippen LogP contribution in [0.1, 0.15) is 22.7 Å². The lowest BCUT2D eigenvalue weighted by Crippen LogP contribution is -2.31. The number of rotatable bonds is 4. The molecule has 1 heterocycles. The summed E-state index contributed by atoms with van der Waals surface area (Å²) in [6.45, 7) is 0.950. The van der Waals surface area contributed by atoms with Crippen molar-refractivity contribution in [1.82, 2.24) is 5.32 Å². The number of para-hydroxylation sites is 1. The van der Waals surface area contributed by atoms with Crippen molar-refractivity contribution < 1.29 is 9.47 Å². The number of fused-ring (bicyclic) bond motifs is 1. The molecule has 0 spiro atoms. The van der Waals surface area contributed by atoms with Crippen molar-refractivity contribution in [3.63, 3.8) is 0 Å². The molecule has 0 unspecified atom stereocenters. The Bertz CT molecular complexity index is 670. The van der Waals surface area contributed by atoms with Crippen LogP contribution in [-0.2, 0) is 6.42 Å². The Kier molecular flexibility index (Phi) is 4.20. The van der Waals surface area contributed by atoms with Crippen LogP contribution in [0.5, 0.6) is 11.5 Å². The average molecular weight is 298 g/mol. The Morgan fingerprint density at radius 3 is 2.50 bits per heavy atom. The summed E-state index contributed by atoms with van der Waals surface area (Å²) in [5, 5.41) is 6.90. The van der Waals surface area contributed by atoms with E-state index in [2.05, 4.69) is 41.0 Å². The van der Waals surface area contributed by atoms with Gasteiger partial charge in [0.05, 0.1) is 20.3 Å². The summed E-state index contributed by atoms with van der Waals surface area (Å²) in [5.41, 5.74) is 4.96. The summed E-state index contributed by atoms with van der Waals surface area (Å²) in [6, 6.07) is 12.7. The van der Waals surface area contributed by atoms with Crippen molar-refractivity contribution in [2.75, 3.05) is 33.1 Å². The lowest BCUT2D eigenvalue weighted by Gasteiger charge is -2.29. The van der Waals surface area contributed by atoms with Gasteiger partial charge in [-0.05, 0) is 41.3 Å². The Morgan fingerprint density at radius 1 is 1.05 bits per heavy atom. The molecular formula is C18H22N2O2. The van der Waals surface area contributed by atoms with Crippen molar-refractivity contribution in [3.8, 4) is 11.5 Å². The summed E-state index contributed by atoms with van der Waals surface area (Å²) in [5.74, 6) is 1.57. The zero-order valence-electron chi connectivity index (χ0n) is 13.3. The quantitative estimate of drug-likeness (QED) is 0.910. The Morgan fingerprint density at radius 2 is 1.77 bits per heavy atom. The van der Waals surface area contributed by atoms with Crippen LogP contribution >= 0.6 is 0 Å². The maximum atomic E-state index is 5.47. The standard InChI is InChI=1S/C18H22N2O2/c1-19-15-7-5-4-6-13(15)18-14-11-17(22-3)16(21-2)10-12(14)8-9-20-18/h4-7,10-11,18-20H,8-9H2,1-3H3/t18-/m1/s1. The second-order valence-corrected chi connectivity index (χ2v) is 5.38. The van der Waals surface area contributed by atoms with Gasteiger partial charge >= 0.3 is 0 Å². The predicted molar refractivity (Wildman–Crippen MR) is 89.1 cm³/mol. The van der Waals surface area contributed by atoms with Gasteiger partial charge in [0.1, 0.15) is 0 Å². The van der Waals surface area contributed by atoms with E-state index in [4.69, 9.17) is 9.47 Å². The molecule has 3 rings (SSSR count).